The van der Waals surface area contributed by atoms with Gasteiger partial charge < -0.3 is 10.6 Å². The molecule has 0 saturated heterocycles. The summed E-state index contributed by atoms with van der Waals surface area (Å²) in [4.78, 5) is 8.30. The van der Waals surface area contributed by atoms with Gasteiger partial charge in [0, 0.05) is 11.4 Å². The minimum atomic E-state index is -0.497. The lowest BCUT2D eigenvalue weighted by atomic mass is 10.0. The molecule has 2 aromatic carbocycles. The Balaban J connectivity index is 1.75. The first-order valence-electron chi connectivity index (χ1n) is 9.19. The molecule has 0 saturated carbocycles. The number of benzene rings is 2. The molecule has 0 radical (unpaired) electrons. The van der Waals surface area contributed by atoms with Gasteiger partial charge in [0.15, 0.2) is 11.6 Å². The van der Waals surface area contributed by atoms with Gasteiger partial charge in [-0.05, 0) is 47.2 Å². The van der Waals surface area contributed by atoms with Gasteiger partial charge in [-0.3, -0.25) is 0 Å². The van der Waals surface area contributed by atoms with Gasteiger partial charge >= 0.3 is 0 Å². The van der Waals surface area contributed by atoms with Crippen LogP contribution in [0.1, 0.15) is 50.7 Å². The highest BCUT2D eigenvalue weighted by Crippen LogP contribution is 2.23. The van der Waals surface area contributed by atoms with Crippen LogP contribution in [0.5, 0.6) is 0 Å². The quantitative estimate of drug-likeness (QED) is 0.535. The molecule has 0 amide bonds. The van der Waals surface area contributed by atoms with Gasteiger partial charge in [0.2, 0.25) is 5.95 Å². The van der Waals surface area contributed by atoms with Crippen molar-refractivity contribution in [1.82, 2.24) is 9.97 Å². The molecule has 0 spiro atoms. The van der Waals surface area contributed by atoms with E-state index in [-0.39, 0.29) is 5.82 Å². The molecule has 4 nitrogen and oxygen atoms in total. The second-order valence-corrected chi connectivity index (χ2v) is 7.19. The third-order valence-corrected chi connectivity index (χ3v) is 4.42. The molecule has 1 aromatic heterocycles. The zero-order valence-electron chi connectivity index (χ0n) is 16.1. The molecular formula is C22H25FN4. The Kier molecular flexibility index (Phi) is 5.69. The monoisotopic (exact) mass is 364 g/mol. The van der Waals surface area contributed by atoms with Crippen molar-refractivity contribution in [2.45, 2.75) is 39.5 Å². The summed E-state index contributed by atoms with van der Waals surface area (Å²) in [6.07, 6.45) is 1.17. The van der Waals surface area contributed by atoms with Gasteiger partial charge in [-0.15, -0.1) is 0 Å². The predicted octanol–water partition coefficient (Wildman–Crippen LogP) is 6.35. The Morgan fingerprint density at radius 2 is 1.22 bits per heavy atom. The molecule has 1 heterocycles. The van der Waals surface area contributed by atoms with Crippen LogP contribution in [0.15, 0.2) is 54.7 Å². The Labute approximate surface area is 159 Å². The maximum absolute atomic E-state index is 14.1. The molecular weight excluding hydrogens is 339 g/mol. The lowest BCUT2D eigenvalue weighted by molar-refractivity contribution is 0.619. The highest BCUT2D eigenvalue weighted by molar-refractivity contribution is 5.60. The van der Waals surface area contributed by atoms with Crippen LogP contribution in [0.25, 0.3) is 0 Å². The van der Waals surface area contributed by atoms with Gasteiger partial charge in [0.1, 0.15) is 0 Å². The molecule has 140 valence electrons. The second kappa shape index (κ2) is 8.16. The first-order chi connectivity index (χ1) is 12.9. The number of anilines is 4. The number of hydrogen-bond acceptors (Lipinski definition) is 4. The molecule has 2 N–H and O–H groups in total. The summed E-state index contributed by atoms with van der Waals surface area (Å²) in [5, 5.41) is 6.14. The fraction of sp³-hybridized carbons (Fsp3) is 0.273. The van der Waals surface area contributed by atoms with Crippen molar-refractivity contribution in [3.8, 4) is 0 Å². The average molecular weight is 364 g/mol. The number of nitrogens with zero attached hydrogens (tertiary/aromatic N) is 2. The van der Waals surface area contributed by atoms with Crippen LogP contribution in [0, 0.1) is 5.82 Å². The minimum Gasteiger partial charge on any atom is -0.338 e. The second-order valence-electron chi connectivity index (χ2n) is 7.19. The summed E-state index contributed by atoms with van der Waals surface area (Å²) in [5.41, 5.74) is 4.13. The van der Waals surface area contributed by atoms with E-state index in [0.29, 0.717) is 17.8 Å². The van der Waals surface area contributed by atoms with Gasteiger partial charge in [-0.1, -0.05) is 52.0 Å². The Morgan fingerprint density at radius 3 is 1.70 bits per heavy atom. The van der Waals surface area contributed by atoms with Crippen LogP contribution in [0.3, 0.4) is 0 Å². The fourth-order valence-electron chi connectivity index (χ4n) is 2.68. The highest BCUT2D eigenvalue weighted by Gasteiger charge is 2.09. The van der Waals surface area contributed by atoms with Crippen LogP contribution < -0.4 is 10.6 Å². The molecule has 0 aliphatic heterocycles. The molecule has 0 aliphatic rings. The molecule has 0 bridgehead atoms. The molecule has 3 aromatic rings. The smallest absolute Gasteiger partial charge is 0.229 e. The maximum Gasteiger partial charge on any atom is 0.229 e. The van der Waals surface area contributed by atoms with Crippen LogP contribution in [-0.4, -0.2) is 9.97 Å². The summed E-state index contributed by atoms with van der Waals surface area (Å²) in [7, 11) is 0. The third kappa shape index (κ3) is 4.82. The number of nitrogens with one attached hydrogen (secondary N) is 2. The zero-order chi connectivity index (χ0) is 19.4. The molecule has 5 heteroatoms. The summed E-state index contributed by atoms with van der Waals surface area (Å²) >= 11 is 0. The number of rotatable bonds is 6. The predicted molar refractivity (Wildman–Crippen MR) is 110 cm³/mol. The van der Waals surface area contributed by atoms with Crippen molar-refractivity contribution >= 4 is 23.1 Å². The van der Waals surface area contributed by atoms with E-state index in [9.17, 15) is 4.39 Å². The van der Waals surface area contributed by atoms with Gasteiger partial charge in [-0.2, -0.15) is 4.98 Å². The van der Waals surface area contributed by atoms with E-state index in [1.165, 1.54) is 17.3 Å². The van der Waals surface area contributed by atoms with Crippen molar-refractivity contribution < 1.29 is 4.39 Å². The van der Waals surface area contributed by atoms with Gasteiger partial charge in [0.25, 0.3) is 0 Å². The topological polar surface area (TPSA) is 49.8 Å². The summed E-state index contributed by atoms with van der Waals surface area (Å²) in [6, 6.07) is 16.0. The summed E-state index contributed by atoms with van der Waals surface area (Å²) in [6.45, 7) is 8.57. The lowest BCUT2D eigenvalue weighted by Crippen LogP contribution is -2.03. The van der Waals surface area contributed by atoms with Crippen LogP contribution in [0.4, 0.5) is 27.5 Å². The van der Waals surface area contributed by atoms with Crippen LogP contribution in [0.2, 0.25) is 0 Å². The van der Waals surface area contributed by atoms with Crippen LogP contribution >= 0.6 is 0 Å². The highest BCUT2D eigenvalue weighted by atomic mass is 19.1. The van der Waals surface area contributed by atoms with Crippen molar-refractivity contribution in [1.29, 1.82) is 0 Å². The normalized spacial score (nSPS) is 11.1. The third-order valence-electron chi connectivity index (χ3n) is 4.42. The maximum atomic E-state index is 14.1. The zero-order valence-corrected chi connectivity index (χ0v) is 16.1. The van der Waals surface area contributed by atoms with Crippen molar-refractivity contribution in [2.24, 2.45) is 0 Å². The van der Waals surface area contributed by atoms with Crippen molar-refractivity contribution in [2.75, 3.05) is 10.6 Å². The first-order valence-corrected chi connectivity index (χ1v) is 9.19. The van der Waals surface area contributed by atoms with Crippen molar-refractivity contribution in [3.05, 3.63) is 71.7 Å². The first kappa shape index (κ1) is 18.8. The van der Waals surface area contributed by atoms with E-state index < -0.39 is 5.82 Å². The van der Waals surface area contributed by atoms with E-state index in [0.717, 1.165) is 11.4 Å². The van der Waals surface area contributed by atoms with Crippen molar-refractivity contribution in [3.63, 3.8) is 0 Å². The average Bonchev–Trinajstić information content (AvgIpc) is 2.65. The summed E-state index contributed by atoms with van der Waals surface area (Å²) < 4.78 is 14.1. The Bertz CT molecular complexity index is 887. The Hall–Kier alpha value is -2.95. The molecule has 0 atom stereocenters. The number of halogens is 1. The largest absolute Gasteiger partial charge is 0.338 e. The number of aromatic nitrogens is 2. The van der Waals surface area contributed by atoms with E-state index in [2.05, 4.69) is 60.4 Å². The SMILES string of the molecule is CC(C)c1ccc(Nc2ncc(F)c(Nc3ccc(C(C)C)cc3)n2)cc1. The molecule has 0 aliphatic carbocycles. The molecule has 3 rings (SSSR count). The molecule has 0 unspecified atom stereocenters. The fourth-order valence-corrected chi connectivity index (χ4v) is 2.68. The Morgan fingerprint density at radius 1 is 0.741 bits per heavy atom. The number of hydrogen-bond donors (Lipinski definition) is 2. The lowest BCUT2D eigenvalue weighted by Gasteiger charge is -2.11. The van der Waals surface area contributed by atoms with Gasteiger partial charge in [-0.25, -0.2) is 9.37 Å². The summed E-state index contributed by atoms with van der Waals surface area (Å²) in [5.74, 6) is 0.911. The van der Waals surface area contributed by atoms with E-state index in [4.69, 9.17) is 0 Å². The van der Waals surface area contributed by atoms with E-state index >= 15 is 0 Å². The minimum absolute atomic E-state index is 0.142. The van der Waals surface area contributed by atoms with Crippen LogP contribution in [-0.2, 0) is 0 Å². The van der Waals surface area contributed by atoms with E-state index in [1.807, 2.05) is 36.4 Å². The molecule has 27 heavy (non-hydrogen) atoms. The van der Waals surface area contributed by atoms with Gasteiger partial charge in [0.05, 0.1) is 6.20 Å². The molecule has 0 fully saturated rings. The standard InChI is InChI=1S/C22H25FN4/c1-14(2)16-5-9-18(10-6-16)25-21-20(23)13-24-22(27-21)26-19-11-7-17(8-12-19)15(3)4/h5-15H,1-4H3,(H2,24,25,26,27). The van der Waals surface area contributed by atoms with E-state index in [1.54, 1.807) is 0 Å².